The number of rotatable bonds is 5. The van der Waals surface area contributed by atoms with Crippen LogP contribution in [-0.2, 0) is 4.79 Å². The normalized spacial score (nSPS) is 14.2. The molecule has 0 saturated carbocycles. The highest BCUT2D eigenvalue weighted by molar-refractivity contribution is 5.96. The highest BCUT2D eigenvalue weighted by Gasteiger charge is 2.10. The molecule has 0 aromatic heterocycles. The van der Waals surface area contributed by atoms with E-state index >= 15 is 0 Å². The van der Waals surface area contributed by atoms with Crippen LogP contribution in [0.15, 0.2) is 53.6 Å². The van der Waals surface area contributed by atoms with Crippen molar-refractivity contribution in [1.29, 1.82) is 0 Å². The molecule has 2 N–H and O–H groups in total. The van der Waals surface area contributed by atoms with Crippen LogP contribution in [-0.4, -0.2) is 31.1 Å². The summed E-state index contributed by atoms with van der Waals surface area (Å²) in [6.07, 6.45) is 5.45. The third-order valence-corrected chi connectivity index (χ3v) is 4.46. The number of benzene rings is 2. The van der Waals surface area contributed by atoms with Gasteiger partial charge in [-0.2, -0.15) is 5.10 Å². The van der Waals surface area contributed by atoms with Crippen LogP contribution in [0, 0.1) is 0 Å². The SMILES string of the molecule is CC(=O)Nc1ccc(C(=O)N/N=C/c2ccc(N3CCCCC3)cc2)cc1. The van der Waals surface area contributed by atoms with Gasteiger partial charge in [-0.15, -0.1) is 0 Å². The minimum Gasteiger partial charge on any atom is -0.372 e. The van der Waals surface area contributed by atoms with E-state index in [4.69, 9.17) is 0 Å². The second-order valence-corrected chi connectivity index (χ2v) is 6.60. The van der Waals surface area contributed by atoms with Gasteiger partial charge >= 0.3 is 0 Å². The van der Waals surface area contributed by atoms with Gasteiger partial charge in [0.15, 0.2) is 0 Å². The highest BCUT2D eigenvalue weighted by atomic mass is 16.2. The number of carbonyl (C=O) groups is 2. The first-order chi connectivity index (χ1) is 13.1. The molecule has 1 aliphatic heterocycles. The lowest BCUT2D eigenvalue weighted by atomic mass is 10.1. The van der Waals surface area contributed by atoms with E-state index in [1.54, 1.807) is 30.5 Å². The van der Waals surface area contributed by atoms with E-state index in [1.165, 1.54) is 31.9 Å². The number of hydrogen-bond donors (Lipinski definition) is 2. The predicted octanol–water partition coefficient (Wildman–Crippen LogP) is 3.40. The molecule has 6 nitrogen and oxygen atoms in total. The fourth-order valence-corrected chi connectivity index (χ4v) is 3.06. The van der Waals surface area contributed by atoms with Gasteiger partial charge in [-0.3, -0.25) is 9.59 Å². The van der Waals surface area contributed by atoms with Crippen LogP contribution in [0.25, 0.3) is 0 Å². The molecule has 2 aromatic rings. The number of amides is 2. The van der Waals surface area contributed by atoms with Gasteiger partial charge in [-0.1, -0.05) is 12.1 Å². The van der Waals surface area contributed by atoms with Crippen LogP contribution in [0.3, 0.4) is 0 Å². The van der Waals surface area contributed by atoms with Crippen LogP contribution in [0.1, 0.15) is 42.1 Å². The van der Waals surface area contributed by atoms with E-state index in [2.05, 4.69) is 32.9 Å². The van der Waals surface area contributed by atoms with Crippen LogP contribution in [0.2, 0.25) is 0 Å². The van der Waals surface area contributed by atoms with Crippen LogP contribution < -0.4 is 15.6 Å². The zero-order chi connectivity index (χ0) is 19.1. The van der Waals surface area contributed by atoms with Gasteiger partial charge in [-0.05, 0) is 61.2 Å². The van der Waals surface area contributed by atoms with Crippen molar-refractivity contribution in [3.05, 3.63) is 59.7 Å². The Labute approximate surface area is 159 Å². The average Bonchev–Trinajstić information content (AvgIpc) is 2.69. The van der Waals surface area contributed by atoms with Crippen molar-refractivity contribution in [3.8, 4) is 0 Å². The van der Waals surface area contributed by atoms with Gasteiger partial charge in [0.25, 0.3) is 5.91 Å². The molecule has 2 aromatic carbocycles. The summed E-state index contributed by atoms with van der Waals surface area (Å²) in [6, 6.07) is 14.8. The third-order valence-electron chi connectivity index (χ3n) is 4.46. The highest BCUT2D eigenvalue weighted by Crippen LogP contribution is 2.19. The Morgan fingerprint density at radius 1 is 0.963 bits per heavy atom. The van der Waals surface area contributed by atoms with Crippen molar-refractivity contribution >= 4 is 29.4 Å². The van der Waals surface area contributed by atoms with Crippen molar-refractivity contribution in [1.82, 2.24) is 5.43 Å². The van der Waals surface area contributed by atoms with Crippen molar-refractivity contribution in [2.45, 2.75) is 26.2 Å². The monoisotopic (exact) mass is 364 g/mol. The zero-order valence-corrected chi connectivity index (χ0v) is 15.4. The first-order valence-corrected chi connectivity index (χ1v) is 9.18. The molecule has 0 radical (unpaired) electrons. The molecule has 1 aliphatic rings. The minimum atomic E-state index is -0.300. The molecule has 0 aliphatic carbocycles. The Bertz CT molecular complexity index is 807. The maximum atomic E-state index is 12.1. The topological polar surface area (TPSA) is 73.8 Å². The molecular formula is C21H24N4O2. The first kappa shape index (κ1) is 18.6. The van der Waals surface area contributed by atoms with E-state index in [0.717, 1.165) is 18.7 Å². The molecule has 1 saturated heterocycles. The lowest BCUT2D eigenvalue weighted by molar-refractivity contribution is -0.114. The minimum absolute atomic E-state index is 0.150. The Balaban J connectivity index is 1.53. The summed E-state index contributed by atoms with van der Waals surface area (Å²) in [5.74, 6) is -0.450. The van der Waals surface area contributed by atoms with Crippen LogP contribution >= 0.6 is 0 Å². The summed E-state index contributed by atoms with van der Waals surface area (Å²) in [7, 11) is 0. The maximum absolute atomic E-state index is 12.1. The van der Waals surface area contributed by atoms with E-state index < -0.39 is 0 Å². The fraction of sp³-hybridized carbons (Fsp3) is 0.286. The molecule has 1 heterocycles. The van der Waals surface area contributed by atoms with Gasteiger partial charge in [0.1, 0.15) is 0 Å². The first-order valence-electron chi connectivity index (χ1n) is 9.18. The second-order valence-electron chi connectivity index (χ2n) is 6.60. The summed E-state index contributed by atoms with van der Waals surface area (Å²) in [5.41, 5.74) is 5.80. The van der Waals surface area contributed by atoms with Gasteiger partial charge in [-0.25, -0.2) is 5.43 Å². The number of hydrogen-bond acceptors (Lipinski definition) is 4. The van der Waals surface area contributed by atoms with Crippen LogP contribution in [0.5, 0.6) is 0 Å². The lowest BCUT2D eigenvalue weighted by Crippen LogP contribution is -2.29. The largest absolute Gasteiger partial charge is 0.372 e. The molecule has 0 unspecified atom stereocenters. The van der Waals surface area contributed by atoms with E-state index in [1.807, 2.05) is 12.1 Å². The number of hydrazone groups is 1. The van der Waals surface area contributed by atoms with Gasteiger partial charge in [0.05, 0.1) is 6.21 Å². The number of carbonyl (C=O) groups excluding carboxylic acids is 2. The Hall–Kier alpha value is -3.15. The van der Waals surface area contributed by atoms with E-state index in [0.29, 0.717) is 11.3 Å². The van der Waals surface area contributed by atoms with Gasteiger partial charge in [0.2, 0.25) is 5.91 Å². The molecule has 0 bridgehead atoms. The Morgan fingerprint density at radius 2 is 1.63 bits per heavy atom. The average molecular weight is 364 g/mol. The van der Waals surface area contributed by atoms with Crippen molar-refractivity contribution in [2.75, 3.05) is 23.3 Å². The molecule has 2 amide bonds. The standard InChI is InChI=1S/C21H24N4O2/c1-16(26)23-19-9-7-18(8-10-19)21(27)24-22-15-17-5-11-20(12-6-17)25-13-3-2-4-14-25/h5-12,15H,2-4,13-14H2,1H3,(H,23,26)(H,24,27)/b22-15+. The smallest absolute Gasteiger partial charge is 0.271 e. The summed E-state index contributed by atoms with van der Waals surface area (Å²) >= 11 is 0. The van der Waals surface area contributed by atoms with Crippen molar-refractivity contribution < 1.29 is 9.59 Å². The van der Waals surface area contributed by atoms with Gasteiger partial charge in [0, 0.05) is 37.0 Å². The molecule has 1 fully saturated rings. The molecule has 27 heavy (non-hydrogen) atoms. The second kappa shape index (κ2) is 8.98. The van der Waals surface area contributed by atoms with Crippen LogP contribution in [0.4, 0.5) is 11.4 Å². The lowest BCUT2D eigenvalue weighted by Gasteiger charge is -2.28. The molecule has 0 spiro atoms. The summed E-state index contributed by atoms with van der Waals surface area (Å²) in [6.45, 7) is 3.67. The summed E-state index contributed by atoms with van der Waals surface area (Å²) < 4.78 is 0. The van der Waals surface area contributed by atoms with E-state index in [9.17, 15) is 9.59 Å². The Morgan fingerprint density at radius 3 is 2.26 bits per heavy atom. The zero-order valence-electron chi connectivity index (χ0n) is 15.4. The molecule has 6 heteroatoms. The molecular weight excluding hydrogens is 340 g/mol. The number of anilines is 2. The van der Waals surface area contributed by atoms with E-state index in [-0.39, 0.29) is 11.8 Å². The predicted molar refractivity (Wildman–Crippen MR) is 108 cm³/mol. The third kappa shape index (κ3) is 5.41. The molecule has 3 rings (SSSR count). The Kier molecular flexibility index (Phi) is 6.20. The maximum Gasteiger partial charge on any atom is 0.271 e. The summed E-state index contributed by atoms with van der Waals surface area (Å²) in [5, 5.41) is 6.68. The fourth-order valence-electron chi connectivity index (χ4n) is 3.06. The van der Waals surface area contributed by atoms with Crippen molar-refractivity contribution in [2.24, 2.45) is 5.10 Å². The quantitative estimate of drug-likeness (QED) is 0.631. The number of nitrogens with zero attached hydrogens (tertiary/aromatic N) is 2. The summed E-state index contributed by atoms with van der Waals surface area (Å²) in [4.78, 5) is 25.5. The molecule has 0 atom stereocenters. The van der Waals surface area contributed by atoms with Gasteiger partial charge < -0.3 is 10.2 Å². The van der Waals surface area contributed by atoms with Crippen molar-refractivity contribution in [3.63, 3.8) is 0 Å². The molecule has 140 valence electrons. The number of nitrogens with one attached hydrogen (secondary N) is 2. The number of piperidine rings is 1.